The van der Waals surface area contributed by atoms with Gasteiger partial charge in [0.1, 0.15) is 11.5 Å². The van der Waals surface area contributed by atoms with Crippen LogP contribution in [0.4, 0.5) is 0 Å². The lowest BCUT2D eigenvalue weighted by Crippen LogP contribution is -2.59. The monoisotopic (exact) mass is 310 g/mol. The smallest absolute Gasteiger partial charge is 0.508 e. The Morgan fingerprint density at radius 2 is 1.26 bits per heavy atom. The summed E-state index contributed by atoms with van der Waals surface area (Å²) in [6.07, 6.45) is 3.88. The summed E-state index contributed by atoms with van der Waals surface area (Å²) in [6.45, 7) is 1.46. The van der Waals surface area contributed by atoms with Gasteiger partial charge in [0.15, 0.2) is 23.9 Å². The lowest BCUT2D eigenvalue weighted by molar-refractivity contribution is -0.855. The van der Waals surface area contributed by atoms with E-state index in [1.807, 2.05) is 21.6 Å². The van der Waals surface area contributed by atoms with Crippen LogP contribution in [-0.2, 0) is 0 Å². The highest BCUT2D eigenvalue weighted by molar-refractivity contribution is 5.83. The van der Waals surface area contributed by atoms with Crippen molar-refractivity contribution in [2.24, 2.45) is 0 Å². The number of rotatable bonds is 0. The molecule has 2 N–H and O–H groups in total. The second kappa shape index (κ2) is 4.04. The number of hydrogen-bond acceptors (Lipinski definition) is 4. The highest BCUT2D eigenvalue weighted by Crippen LogP contribution is 2.38. The summed E-state index contributed by atoms with van der Waals surface area (Å²) < 4.78 is 16.3. The maximum absolute atomic E-state index is 9.65. The van der Waals surface area contributed by atoms with Crippen molar-refractivity contribution in [1.29, 1.82) is 0 Å². The van der Waals surface area contributed by atoms with Crippen molar-refractivity contribution in [3.63, 3.8) is 0 Å². The van der Waals surface area contributed by atoms with Gasteiger partial charge in [-0.1, -0.05) is 9.15 Å². The minimum absolute atomic E-state index is 0.201. The van der Waals surface area contributed by atoms with Gasteiger partial charge >= 0.3 is 6.03 Å². The standard InChI is InChI=1S/C17H12N2O4/c20-13-1-3-15-11(7-13)9-18-5-6-19-10-12-8-14(21)2-4-16(12)23-17(18,19)22-15/h1-4,7-10H,5-6H2/p+2. The molecule has 2 aromatic carbocycles. The van der Waals surface area contributed by atoms with Gasteiger partial charge in [0.05, 0.1) is 11.1 Å². The second-order valence-electron chi connectivity index (χ2n) is 5.84. The molecule has 0 saturated carbocycles. The van der Waals surface area contributed by atoms with Gasteiger partial charge in [-0.25, -0.2) is 0 Å². The number of nitrogens with zero attached hydrogens (tertiary/aromatic N) is 2. The number of hydrogen-bond donors (Lipinski definition) is 2. The summed E-state index contributed by atoms with van der Waals surface area (Å²) in [5.74, 6) is 1.71. The number of aromatic hydroxyl groups is 2. The maximum Gasteiger partial charge on any atom is 0.704 e. The van der Waals surface area contributed by atoms with Gasteiger partial charge in [0.2, 0.25) is 13.1 Å². The van der Waals surface area contributed by atoms with Crippen LogP contribution in [0.1, 0.15) is 11.1 Å². The van der Waals surface area contributed by atoms with Crippen LogP contribution in [0.3, 0.4) is 0 Å². The normalized spacial score (nSPS) is 19.1. The first-order chi connectivity index (χ1) is 11.1. The molecule has 0 unspecified atom stereocenters. The van der Waals surface area contributed by atoms with E-state index in [9.17, 15) is 10.2 Å². The number of phenols is 2. The van der Waals surface area contributed by atoms with E-state index in [4.69, 9.17) is 9.47 Å². The Kier molecular flexibility index (Phi) is 2.20. The fraction of sp³-hybridized carbons (Fsp3) is 0.176. The Labute approximate surface area is 131 Å². The molecular weight excluding hydrogens is 296 g/mol. The second-order valence-corrected chi connectivity index (χ2v) is 5.84. The van der Waals surface area contributed by atoms with Crippen LogP contribution in [0.25, 0.3) is 0 Å². The van der Waals surface area contributed by atoms with Crippen molar-refractivity contribution in [3.8, 4) is 23.0 Å². The Morgan fingerprint density at radius 3 is 1.74 bits per heavy atom. The van der Waals surface area contributed by atoms with Gasteiger partial charge in [0, 0.05) is 0 Å². The number of ether oxygens (including phenoxy) is 2. The molecule has 0 amide bonds. The summed E-state index contributed by atoms with van der Waals surface area (Å²) >= 11 is 0. The van der Waals surface area contributed by atoms with Crippen LogP contribution in [0.15, 0.2) is 36.4 Å². The van der Waals surface area contributed by atoms with E-state index in [1.165, 1.54) is 0 Å². The van der Waals surface area contributed by atoms with E-state index in [2.05, 4.69) is 0 Å². The molecule has 6 heteroatoms. The quantitative estimate of drug-likeness (QED) is 0.715. The molecular formula is C17H14N2O4+2. The molecule has 0 aromatic heterocycles. The summed E-state index contributed by atoms with van der Waals surface area (Å²) in [7, 11) is 0. The molecule has 3 aliphatic heterocycles. The molecule has 1 fully saturated rings. The van der Waals surface area contributed by atoms with Crippen LogP contribution >= 0.6 is 0 Å². The molecule has 3 aliphatic rings. The first kappa shape index (κ1) is 12.5. The van der Waals surface area contributed by atoms with Crippen molar-refractivity contribution >= 4 is 12.4 Å². The summed E-state index contributed by atoms with van der Waals surface area (Å²) in [5, 5.41) is 19.3. The van der Waals surface area contributed by atoms with Gasteiger partial charge in [-0.05, 0) is 36.4 Å². The minimum Gasteiger partial charge on any atom is -0.508 e. The predicted molar refractivity (Wildman–Crippen MR) is 80.8 cm³/mol. The highest BCUT2D eigenvalue weighted by atomic mass is 16.7. The van der Waals surface area contributed by atoms with Crippen LogP contribution < -0.4 is 9.47 Å². The van der Waals surface area contributed by atoms with Crippen LogP contribution in [0.5, 0.6) is 23.0 Å². The van der Waals surface area contributed by atoms with Crippen molar-refractivity contribution in [2.45, 2.75) is 6.03 Å². The van der Waals surface area contributed by atoms with Gasteiger partial charge in [-0.3, -0.25) is 0 Å². The lowest BCUT2D eigenvalue weighted by Gasteiger charge is -2.26. The third kappa shape index (κ3) is 1.63. The molecule has 1 saturated heterocycles. The average molecular weight is 310 g/mol. The Balaban J connectivity index is 1.68. The zero-order valence-corrected chi connectivity index (χ0v) is 12.1. The van der Waals surface area contributed by atoms with E-state index in [1.54, 1.807) is 36.4 Å². The third-order valence-electron chi connectivity index (χ3n) is 4.37. The molecule has 2 aromatic rings. The Bertz CT molecular complexity index is 841. The molecule has 0 atom stereocenters. The van der Waals surface area contributed by atoms with E-state index in [0.717, 1.165) is 24.2 Å². The molecule has 1 spiro atoms. The van der Waals surface area contributed by atoms with Gasteiger partial charge < -0.3 is 19.7 Å². The highest BCUT2D eigenvalue weighted by Gasteiger charge is 2.68. The molecule has 6 nitrogen and oxygen atoms in total. The van der Waals surface area contributed by atoms with Crippen molar-refractivity contribution in [3.05, 3.63) is 47.5 Å². The molecule has 0 radical (unpaired) electrons. The van der Waals surface area contributed by atoms with Gasteiger partial charge in [-0.2, -0.15) is 0 Å². The largest absolute Gasteiger partial charge is 0.704 e. The van der Waals surface area contributed by atoms with Crippen molar-refractivity contribution in [1.82, 2.24) is 0 Å². The molecule has 5 rings (SSSR count). The Morgan fingerprint density at radius 1 is 0.783 bits per heavy atom. The SMILES string of the molecule is Oc1ccc2c(c1)C=[N+]1CC[N+]3=Cc4cc(O)ccc4OC13O2. The predicted octanol–water partition coefficient (Wildman–Crippen LogP) is 1.07. The van der Waals surface area contributed by atoms with Crippen molar-refractivity contribution in [2.75, 3.05) is 13.1 Å². The van der Waals surface area contributed by atoms with Crippen LogP contribution in [0.2, 0.25) is 0 Å². The van der Waals surface area contributed by atoms with Crippen LogP contribution in [-0.4, -0.2) is 50.9 Å². The molecule has 0 aliphatic carbocycles. The Hall–Kier alpha value is -3.02. The molecule has 0 bridgehead atoms. The minimum atomic E-state index is -1.05. The molecule has 3 heterocycles. The van der Waals surface area contributed by atoms with E-state index in [-0.39, 0.29) is 11.5 Å². The van der Waals surface area contributed by atoms with E-state index < -0.39 is 6.03 Å². The lowest BCUT2D eigenvalue weighted by atomic mass is 10.1. The van der Waals surface area contributed by atoms with Gasteiger partial charge in [0.25, 0.3) is 0 Å². The average Bonchev–Trinajstić information content (AvgIpc) is 2.88. The summed E-state index contributed by atoms with van der Waals surface area (Å²) in [5.41, 5.74) is 1.63. The molecule has 114 valence electrons. The third-order valence-corrected chi connectivity index (χ3v) is 4.37. The van der Waals surface area contributed by atoms with Crippen molar-refractivity contribution < 1.29 is 28.8 Å². The number of benzene rings is 2. The summed E-state index contributed by atoms with van der Waals surface area (Å²) in [4.78, 5) is 0. The number of fused-ring (bicyclic) bond motifs is 2. The first-order valence-electron chi connectivity index (χ1n) is 7.41. The fourth-order valence-electron chi connectivity index (χ4n) is 3.29. The maximum atomic E-state index is 9.65. The fourth-order valence-corrected chi connectivity index (χ4v) is 3.29. The van der Waals surface area contributed by atoms with Gasteiger partial charge in [-0.15, -0.1) is 0 Å². The zero-order chi connectivity index (χ0) is 15.6. The summed E-state index contributed by atoms with van der Waals surface area (Å²) in [6, 6.07) is 8.95. The molecule has 23 heavy (non-hydrogen) atoms. The number of phenolic OH excluding ortho intramolecular Hbond substituents is 2. The topological polar surface area (TPSA) is 64.9 Å². The van der Waals surface area contributed by atoms with E-state index >= 15 is 0 Å². The zero-order valence-electron chi connectivity index (χ0n) is 12.1. The van der Waals surface area contributed by atoms with Crippen LogP contribution in [0, 0.1) is 0 Å². The first-order valence-corrected chi connectivity index (χ1v) is 7.41. The van der Waals surface area contributed by atoms with E-state index in [0.29, 0.717) is 11.5 Å².